The molecule has 1 atom stereocenters. The van der Waals surface area contributed by atoms with Crippen molar-refractivity contribution in [2.24, 2.45) is 0 Å². The van der Waals surface area contributed by atoms with Crippen LogP contribution < -0.4 is 0 Å². The first-order valence-corrected chi connectivity index (χ1v) is 7.53. The Bertz CT molecular complexity index is 549. The number of thioether (sulfide) groups is 1. The van der Waals surface area contributed by atoms with E-state index in [0.717, 1.165) is 29.6 Å². The molecule has 1 saturated heterocycles. The van der Waals surface area contributed by atoms with Crippen molar-refractivity contribution in [3.8, 4) is 5.69 Å². The van der Waals surface area contributed by atoms with E-state index >= 15 is 0 Å². The van der Waals surface area contributed by atoms with Crippen LogP contribution in [0.5, 0.6) is 0 Å². The SMILES string of the molecule is Cc1ccccc1-n1cnnc1SC[C@@H]1CCCO1. The topological polar surface area (TPSA) is 39.9 Å². The molecule has 1 aromatic heterocycles. The average molecular weight is 275 g/mol. The number of aromatic nitrogens is 3. The minimum Gasteiger partial charge on any atom is -0.377 e. The third kappa shape index (κ3) is 2.82. The zero-order chi connectivity index (χ0) is 13.1. The van der Waals surface area contributed by atoms with E-state index in [-0.39, 0.29) is 0 Å². The van der Waals surface area contributed by atoms with Gasteiger partial charge in [-0.3, -0.25) is 4.57 Å². The van der Waals surface area contributed by atoms with Gasteiger partial charge in [0.2, 0.25) is 0 Å². The molecule has 4 nitrogen and oxygen atoms in total. The summed E-state index contributed by atoms with van der Waals surface area (Å²) >= 11 is 1.72. The number of ether oxygens (including phenoxy) is 1. The van der Waals surface area contributed by atoms with Crippen molar-refractivity contribution < 1.29 is 4.74 Å². The van der Waals surface area contributed by atoms with Crippen molar-refractivity contribution in [1.29, 1.82) is 0 Å². The normalized spacial score (nSPS) is 18.9. The van der Waals surface area contributed by atoms with E-state index < -0.39 is 0 Å². The average Bonchev–Trinajstić information content (AvgIpc) is 3.08. The fourth-order valence-corrected chi connectivity index (χ4v) is 3.25. The molecular formula is C14H17N3OS. The van der Waals surface area contributed by atoms with Crippen molar-refractivity contribution in [3.05, 3.63) is 36.2 Å². The Hall–Kier alpha value is -1.33. The van der Waals surface area contributed by atoms with Crippen LogP contribution in [0.25, 0.3) is 5.69 Å². The van der Waals surface area contributed by atoms with Crippen molar-refractivity contribution >= 4 is 11.8 Å². The molecular weight excluding hydrogens is 258 g/mol. The van der Waals surface area contributed by atoms with Gasteiger partial charge in [-0.15, -0.1) is 10.2 Å². The van der Waals surface area contributed by atoms with Crippen molar-refractivity contribution in [3.63, 3.8) is 0 Å². The van der Waals surface area contributed by atoms with Gasteiger partial charge in [-0.1, -0.05) is 30.0 Å². The minimum atomic E-state index is 0.368. The zero-order valence-electron chi connectivity index (χ0n) is 11.0. The van der Waals surface area contributed by atoms with Gasteiger partial charge >= 0.3 is 0 Å². The lowest BCUT2D eigenvalue weighted by Crippen LogP contribution is -2.09. The predicted molar refractivity (Wildman–Crippen MR) is 75.8 cm³/mol. The Kier molecular flexibility index (Phi) is 3.84. The fourth-order valence-electron chi connectivity index (χ4n) is 2.27. The summed E-state index contributed by atoms with van der Waals surface area (Å²) in [5.74, 6) is 0.949. The van der Waals surface area contributed by atoms with Crippen LogP contribution in [-0.2, 0) is 4.74 Å². The fraction of sp³-hybridized carbons (Fsp3) is 0.429. The van der Waals surface area contributed by atoms with Crippen LogP contribution >= 0.6 is 11.8 Å². The highest BCUT2D eigenvalue weighted by Gasteiger charge is 2.17. The second-order valence-corrected chi connectivity index (χ2v) is 5.70. The number of hydrogen-bond acceptors (Lipinski definition) is 4. The minimum absolute atomic E-state index is 0.368. The zero-order valence-corrected chi connectivity index (χ0v) is 11.8. The van der Waals surface area contributed by atoms with Crippen LogP contribution in [-0.4, -0.2) is 33.2 Å². The van der Waals surface area contributed by atoms with Gasteiger partial charge in [-0.2, -0.15) is 0 Å². The molecule has 0 aliphatic carbocycles. The van der Waals surface area contributed by atoms with Gasteiger partial charge in [0.05, 0.1) is 11.8 Å². The lowest BCUT2D eigenvalue weighted by molar-refractivity contribution is 0.129. The summed E-state index contributed by atoms with van der Waals surface area (Å²) in [5, 5.41) is 9.19. The number of hydrogen-bond donors (Lipinski definition) is 0. The highest BCUT2D eigenvalue weighted by atomic mass is 32.2. The number of para-hydroxylation sites is 1. The van der Waals surface area contributed by atoms with Gasteiger partial charge in [0, 0.05) is 12.4 Å². The summed E-state index contributed by atoms with van der Waals surface area (Å²) in [6.45, 7) is 3.00. The Labute approximate surface area is 117 Å². The largest absolute Gasteiger partial charge is 0.377 e. The van der Waals surface area contributed by atoms with Crippen LogP contribution in [0.15, 0.2) is 35.7 Å². The summed E-state index contributed by atoms with van der Waals surface area (Å²) in [7, 11) is 0. The third-order valence-electron chi connectivity index (χ3n) is 3.31. The molecule has 19 heavy (non-hydrogen) atoms. The van der Waals surface area contributed by atoms with Crippen molar-refractivity contribution in [2.75, 3.05) is 12.4 Å². The summed E-state index contributed by atoms with van der Waals surface area (Å²) in [6.07, 6.45) is 4.48. The van der Waals surface area contributed by atoms with Gasteiger partial charge in [-0.25, -0.2) is 0 Å². The second-order valence-electron chi connectivity index (χ2n) is 4.72. The third-order valence-corrected chi connectivity index (χ3v) is 4.39. The molecule has 1 aliphatic rings. The molecule has 1 fully saturated rings. The van der Waals surface area contributed by atoms with Crippen molar-refractivity contribution in [1.82, 2.24) is 14.8 Å². The lowest BCUT2D eigenvalue weighted by Gasteiger charge is -2.11. The summed E-state index contributed by atoms with van der Waals surface area (Å²) in [4.78, 5) is 0. The summed E-state index contributed by atoms with van der Waals surface area (Å²) < 4.78 is 7.69. The molecule has 0 saturated carbocycles. The summed E-state index contributed by atoms with van der Waals surface area (Å²) in [6, 6.07) is 8.28. The van der Waals surface area contributed by atoms with E-state index in [0.29, 0.717) is 6.10 Å². The van der Waals surface area contributed by atoms with E-state index in [1.807, 2.05) is 12.1 Å². The molecule has 2 heterocycles. The Balaban J connectivity index is 1.76. The molecule has 2 aromatic rings. The van der Waals surface area contributed by atoms with Crippen LogP contribution in [0, 0.1) is 6.92 Å². The van der Waals surface area contributed by atoms with Crippen LogP contribution in [0.1, 0.15) is 18.4 Å². The van der Waals surface area contributed by atoms with E-state index in [2.05, 4.69) is 33.8 Å². The Morgan fingerprint density at radius 1 is 1.42 bits per heavy atom. The molecule has 0 unspecified atom stereocenters. The number of nitrogens with zero attached hydrogens (tertiary/aromatic N) is 3. The summed E-state index contributed by atoms with van der Waals surface area (Å²) in [5.41, 5.74) is 2.36. The smallest absolute Gasteiger partial charge is 0.195 e. The first-order valence-electron chi connectivity index (χ1n) is 6.55. The van der Waals surface area contributed by atoms with Gasteiger partial charge in [0.25, 0.3) is 0 Å². The monoisotopic (exact) mass is 275 g/mol. The highest BCUT2D eigenvalue weighted by molar-refractivity contribution is 7.99. The van der Waals surface area contributed by atoms with Gasteiger partial charge in [0.15, 0.2) is 5.16 Å². The first kappa shape index (κ1) is 12.7. The second kappa shape index (κ2) is 5.75. The van der Waals surface area contributed by atoms with E-state index in [1.54, 1.807) is 18.1 Å². The quantitative estimate of drug-likeness (QED) is 0.804. The van der Waals surface area contributed by atoms with Crippen molar-refractivity contribution in [2.45, 2.75) is 31.0 Å². The van der Waals surface area contributed by atoms with Crippen LogP contribution in [0.2, 0.25) is 0 Å². The first-order chi connectivity index (χ1) is 9.34. The van der Waals surface area contributed by atoms with E-state index in [4.69, 9.17) is 4.74 Å². The maximum Gasteiger partial charge on any atom is 0.195 e. The van der Waals surface area contributed by atoms with E-state index in [9.17, 15) is 0 Å². The van der Waals surface area contributed by atoms with E-state index in [1.165, 1.54) is 12.0 Å². The Morgan fingerprint density at radius 3 is 3.11 bits per heavy atom. The number of benzene rings is 1. The molecule has 5 heteroatoms. The molecule has 0 bridgehead atoms. The molecule has 0 N–H and O–H groups in total. The number of rotatable bonds is 4. The molecule has 1 aliphatic heterocycles. The van der Waals surface area contributed by atoms with Gasteiger partial charge in [-0.05, 0) is 31.4 Å². The molecule has 1 aromatic carbocycles. The highest BCUT2D eigenvalue weighted by Crippen LogP contribution is 2.25. The lowest BCUT2D eigenvalue weighted by atomic mass is 10.2. The molecule has 0 spiro atoms. The maximum atomic E-state index is 5.64. The molecule has 3 rings (SSSR count). The number of aryl methyl sites for hydroxylation is 1. The Morgan fingerprint density at radius 2 is 2.32 bits per heavy atom. The molecule has 0 radical (unpaired) electrons. The van der Waals surface area contributed by atoms with Crippen LogP contribution in [0.3, 0.4) is 0 Å². The van der Waals surface area contributed by atoms with Crippen LogP contribution in [0.4, 0.5) is 0 Å². The maximum absolute atomic E-state index is 5.64. The molecule has 100 valence electrons. The molecule has 0 amide bonds. The van der Waals surface area contributed by atoms with Gasteiger partial charge < -0.3 is 4.74 Å². The van der Waals surface area contributed by atoms with Gasteiger partial charge in [0.1, 0.15) is 6.33 Å². The predicted octanol–water partition coefficient (Wildman–Crippen LogP) is 2.85. The standard InChI is InChI=1S/C14H17N3OS/c1-11-5-2-3-7-13(11)17-10-15-16-14(17)19-9-12-6-4-8-18-12/h2-3,5,7,10,12H,4,6,8-9H2,1H3/t12-/m0/s1.